The Hall–Kier alpha value is -0.910. The smallest absolute Gasteiger partial charge is 0.327 e. The molecular weight excluding hydrogens is 294 g/mol. The Morgan fingerprint density at radius 3 is 1.65 bits per heavy atom. The number of carboxylic acids is 1. The summed E-state index contributed by atoms with van der Waals surface area (Å²) in [5, 5.41) is 53.1. The lowest BCUT2D eigenvalue weighted by atomic mass is 10.1. The van der Waals surface area contributed by atoms with Gasteiger partial charge in [-0.3, -0.25) is 4.79 Å². The number of hydrogen-bond donors (Lipinski definition) is 8. The van der Waals surface area contributed by atoms with Crippen LogP contribution in [-0.2, 0) is 9.59 Å². The topological polar surface area (TPSA) is 168 Å². The van der Waals surface area contributed by atoms with Crippen molar-refractivity contribution in [2.24, 2.45) is 0 Å². The van der Waals surface area contributed by atoms with Crippen LogP contribution in [0, 0.1) is 0 Å². The third-order valence-corrected chi connectivity index (χ3v) is 2.39. The molecule has 10 heteroatoms. The van der Waals surface area contributed by atoms with Crippen molar-refractivity contribution in [3.63, 3.8) is 0 Å². The van der Waals surface area contributed by atoms with E-state index in [9.17, 15) is 9.59 Å². The first-order chi connectivity index (χ1) is 9.20. The minimum Gasteiger partial charge on any atom is -0.480 e. The van der Waals surface area contributed by atoms with Crippen molar-refractivity contribution in [1.29, 1.82) is 0 Å². The second-order valence-electron chi connectivity index (χ2n) is 3.76. The Bertz CT molecular complexity index is 280. The molecule has 1 amide bonds. The molecule has 0 aromatic carbocycles. The van der Waals surface area contributed by atoms with Gasteiger partial charge in [0.25, 0.3) is 0 Å². The molecule has 0 rings (SSSR count). The molecule has 0 radical (unpaired) electrons. The molecule has 7 N–H and O–H groups in total. The number of thiol groups is 1. The van der Waals surface area contributed by atoms with Gasteiger partial charge in [-0.05, 0) is 0 Å². The first-order valence-corrected chi connectivity index (χ1v) is 6.21. The highest BCUT2D eigenvalue weighted by Gasteiger charge is 2.22. The summed E-state index contributed by atoms with van der Waals surface area (Å²) in [5.74, 6) is -1.32. The Labute approximate surface area is 121 Å². The number of amides is 1. The Morgan fingerprint density at radius 2 is 1.50 bits per heavy atom. The Morgan fingerprint density at radius 1 is 1.10 bits per heavy atom. The number of carbonyl (C=O) groups excluding carboxylic acids is 1. The van der Waals surface area contributed by atoms with E-state index in [1.807, 2.05) is 0 Å². The van der Waals surface area contributed by atoms with Gasteiger partial charge in [-0.2, -0.15) is 12.6 Å². The van der Waals surface area contributed by atoms with Gasteiger partial charge in [0.2, 0.25) is 5.91 Å². The van der Waals surface area contributed by atoms with Crippen molar-refractivity contribution in [2.45, 2.75) is 31.3 Å². The number of aliphatic carboxylic acids is 1. The summed E-state index contributed by atoms with van der Waals surface area (Å²) < 4.78 is 0. The third kappa shape index (κ3) is 9.95. The van der Waals surface area contributed by atoms with E-state index in [0.29, 0.717) is 0 Å². The van der Waals surface area contributed by atoms with Gasteiger partial charge in [0, 0.05) is 12.7 Å². The average molecular weight is 315 g/mol. The van der Waals surface area contributed by atoms with Crippen molar-refractivity contribution in [3.05, 3.63) is 0 Å². The molecule has 0 aromatic heterocycles. The SMILES string of the molecule is CC(=O)NC(CS)C(=O)O.OCC(O)C(O)C(O)CO. The fourth-order valence-corrected chi connectivity index (χ4v) is 1.15. The minimum atomic E-state index is -1.49. The molecule has 120 valence electrons. The summed E-state index contributed by atoms with van der Waals surface area (Å²) in [4.78, 5) is 20.5. The number of carbonyl (C=O) groups is 2. The highest BCUT2D eigenvalue weighted by atomic mass is 32.1. The standard InChI is InChI=1S/C5H9NO3S.C5H12O5/c1-3(7)6-4(2-10)5(8)9;6-1-3(8)5(10)4(9)2-7/h4,10H,2H2,1H3,(H,6,7)(H,8,9);3-10H,1-2H2. The van der Waals surface area contributed by atoms with Crippen LogP contribution in [0.3, 0.4) is 0 Å². The van der Waals surface area contributed by atoms with E-state index in [2.05, 4.69) is 17.9 Å². The molecule has 9 nitrogen and oxygen atoms in total. The van der Waals surface area contributed by atoms with Crippen molar-refractivity contribution >= 4 is 24.5 Å². The predicted molar refractivity (Wildman–Crippen MR) is 71.3 cm³/mol. The molecule has 0 aliphatic carbocycles. The number of aliphatic hydroxyl groups excluding tert-OH is 5. The molecular formula is C10H21NO8S. The molecule has 20 heavy (non-hydrogen) atoms. The van der Waals surface area contributed by atoms with Crippen molar-refractivity contribution in [3.8, 4) is 0 Å². The number of nitrogens with one attached hydrogen (secondary N) is 1. The predicted octanol–water partition coefficient (Wildman–Crippen LogP) is -3.44. The van der Waals surface area contributed by atoms with Gasteiger partial charge in [0.05, 0.1) is 13.2 Å². The Balaban J connectivity index is 0. The number of hydrogen-bond acceptors (Lipinski definition) is 8. The number of aliphatic hydroxyl groups is 5. The van der Waals surface area contributed by atoms with Crippen LogP contribution in [0.25, 0.3) is 0 Å². The molecule has 0 fully saturated rings. The van der Waals surface area contributed by atoms with Gasteiger partial charge in [-0.1, -0.05) is 0 Å². The molecule has 3 unspecified atom stereocenters. The van der Waals surface area contributed by atoms with E-state index < -0.39 is 43.5 Å². The monoisotopic (exact) mass is 315 g/mol. The van der Waals surface area contributed by atoms with E-state index in [1.165, 1.54) is 6.92 Å². The fourth-order valence-electron chi connectivity index (χ4n) is 0.903. The van der Waals surface area contributed by atoms with Crippen LogP contribution in [0.5, 0.6) is 0 Å². The van der Waals surface area contributed by atoms with Gasteiger partial charge in [0.1, 0.15) is 24.4 Å². The van der Waals surface area contributed by atoms with Gasteiger partial charge < -0.3 is 36.0 Å². The minimum absolute atomic E-state index is 0.106. The van der Waals surface area contributed by atoms with Crippen molar-refractivity contribution in [2.75, 3.05) is 19.0 Å². The van der Waals surface area contributed by atoms with Crippen LogP contribution in [0.2, 0.25) is 0 Å². The zero-order valence-electron chi connectivity index (χ0n) is 10.9. The highest BCUT2D eigenvalue weighted by molar-refractivity contribution is 7.80. The summed E-state index contributed by atoms with van der Waals surface area (Å²) in [6.45, 7) is -0.0180. The first kappa shape index (κ1) is 21.4. The fraction of sp³-hybridized carbons (Fsp3) is 0.800. The summed E-state index contributed by atoms with van der Waals surface area (Å²) in [6.07, 6.45) is -4.29. The summed E-state index contributed by atoms with van der Waals surface area (Å²) in [6, 6.07) is -0.874. The molecule has 0 aliphatic rings. The quantitative estimate of drug-likeness (QED) is 0.224. The summed E-state index contributed by atoms with van der Waals surface area (Å²) >= 11 is 3.73. The second kappa shape index (κ2) is 11.9. The molecule has 0 saturated carbocycles. The van der Waals surface area contributed by atoms with Gasteiger partial charge >= 0.3 is 5.97 Å². The van der Waals surface area contributed by atoms with E-state index >= 15 is 0 Å². The van der Waals surface area contributed by atoms with Crippen LogP contribution < -0.4 is 5.32 Å². The lowest BCUT2D eigenvalue weighted by Crippen LogP contribution is -2.41. The summed E-state index contributed by atoms with van der Waals surface area (Å²) in [5.41, 5.74) is 0. The van der Waals surface area contributed by atoms with Crippen molar-refractivity contribution < 1.29 is 40.2 Å². The molecule has 0 bridgehead atoms. The van der Waals surface area contributed by atoms with E-state index in [4.69, 9.17) is 30.6 Å². The molecule has 0 spiro atoms. The molecule has 0 aliphatic heterocycles. The van der Waals surface area contributed by atoms with Crippen LogP contribution in [0.15, 0.2) is 0 Å². The zero-order chi connectivity index (χ0) is 16.3. The van der Waals surface area contributed by atoms with Crippen molar-refractivity contribution in [1.82, 2.24) is 5.32 Å². The first-order valence-electron chi connectivity index (χ1n) is 5.57. The zero-order valence-corrected chi connectivity index (χ0v) is 11.8. The van der Waals surface area contributed by atoms with E-state index in [1.54, 1.807) is 0 Å². The number of rotatable bonds is 7. The van der Waals surface area contributed by atoms with Crippen LogP contribution in [-0.4, -0.2) is 85.8 Å². The van der Waals surface area contributed by atoms with Gasteiger partial charge in [-0.15, -0.1) is 0 Å². The normalized spacial score (nSPS) is 16.1. The molecule has 0 heterocycles. The lowest BCUT2D eigenvalue weighted by molar-refractivity contribution is -0.140. The molecule has 3 atom stereocenters. The lowest BCUT2D eigenvalue weighted by Gasteiger charge is -2.19. The third-order valence-electron chi connectivity index (χ3n) is 2.02. The van der Waals surface area contributed by atoms with Crippen LogP contribution >= 0.6 is 12.6 Å². The second-order valence-corrected chi connectivity index (χ2v) is 4.13. The Kier molecular flexibility index (Phi) is 12.7. The van der Waals surface area contributed by atoms with Crippen LogP contribution in [0.1, 0.15) is 6.92 Å². The maximum absolute atomic E-state index is 10.3. The summed E-state index contributed by atoms with van der Waals surface area (Å²) in [7, 11) is 0. The maximum atomic E-state index is 10.3. The van der Waals surface area contributed by atoms with Crippen LogP contribution in [0.4, 0.5) is 0 Å². The largest absolute Gasteiger partial charge is 0.480 e. The molecule has 0 aromatic rings. The van der Waals surface area contributed by atoms with Gasteiger partial charge in [-0.25, -0.2) is 4.79 Å². The number of carboxylic acid groups (broad SMARTS) is 1. The molecule has 0 saturated heterocycles. The van der Waals surface area contributed by atoms with E-state index in [0.717, 1.165) is 0 Å². The van der Waals surface area contributed by atoms with Gasteiger partial charge in [0.15, 0.2) is 0 Å². The maximum Gasteiger partial charge on any atom is 0.327 e. The highest BCUT2D eigenvalue weighted by Crippen LogP contribution is 1.98. The van der Waals surface area contributed by atoms with E-state index in [-0.39, 0.29) is 11.7 Å². The average Bonchev–Trinajstić information content (AvgIpc) is 2.42.